The minimum Gasteiger partial charge on any atom is -0.347 e. The summed E-state index contributed by atoms with van der Waals surface area (Å²) in [6, 6.07) is 11.3. The summed E-state index contributed by atoms with van der Waals surface area (Å²) in [5.74, 6) is -0.564. The van der Waals surface area contributed by atoms with E-state index >= 15 is 0 Å². The van der Waals surface area contributed by atoms with Crippen molar-refractivity contribution in [3.63, 3.8) is 0 Å². The van der Waals surface area contributed by atoms with Crippen LogP contribution in [0.3, 0.4) is 0 Å². The second kappa shape index (κ2) is 6.24. The Bertz CT molecular complexity index is 845. The summed E-state index contributed by atoms with van der Waals surface area (Å²) >= 11 is 13.5. The lowest BCUT2D eigenvalue weighted by Gasteiger charge is -2.04. The quantitative estimate of drug-likeness (QED) is 0.681. The molecule has 1 heterocycles. The molecule has 3 aromatic rings. The molecule has 112 valence electrons. The van der Waals surface area contributed by atoms with Gasteiger partial charge in [0.2, 0.25) is 0 Å². The Labute approximate surface area is 140 Å². The van der Waals surface area contributed by atoms with Gasteiger partial charge in [-0.3, -0.25) is 4.79 Å². The number of thiophene rings is 1. The number of fused-ring (bicyclic) bond motifs is 1. The smallest absolute Gasteiger partial charge is 0.263 e. The van der Waals surface area contributed by atoms with Gasteiger partial charge in [-0.1, -0.05) is 41.4 Å². The maximum absolute atomic E-state index is 12.8. The first-order valence-electron chi connectivity index (χ1n) is 6.45. The van der Waals surface area contributed by atoms with E-state index in [1.807, 2.05) is 0 Å². The zero-order valence-corrected chi connectivity index (χ0v) is 13.5. The molecular weight excluding hydrogens is 344 g/mol. The number of carbonyl (C=O) groups is 1. The van der Waals surface area contributed by atoms with Crippen LogP contribution in [-0.4, -0.2) is 5.91 Å². The molecule has 2 aromatic carbocycles. The lowest BCUT2D eigenvalue weighted by atomic mass is 10.2. The van der Waals surface area contributed by atoms with Crippen molar-refractivity contribution in [1.82, 2.24) is 5.32 Å². The van der Waals surface area contributed by atoms with Crippen molar-refractivity contribution in [2.75, 3.05) is 0 Å². The summed E-state index contributed by atoms with van der Waals surface area (Å²) in [6.45, 7) is 0.310. The van der Waals surface area contributed by atoms with E-state index in [2.05, 4.69) is 5.32 Å². The molecule has 2 nitrogen and oxygen atoms in total. The van der Waals surface area contributed by atoms with Crippen molar-refractivity contribution < 1.29 is 9.18 Å². The topological polar surface area (TPSA) is 29.1 Å². The second-order valence-corrected chi connectivity index (χ2v) is 6.56. The number of hydrogen-bond donors (Lipinski definition) is 1. The van der Waals surface area contributed by atoms with Crippen LogP contribution in [0.5, 0.6) is 0 Å². The van der Waals surface area contributed by atoms with Crippen LogP contribution in [0.2, 0.25) is 10.0 Å². The summed E-state index contributed by atoms with van der Waals surface area (Å²) in [6.07, 6.45) is 0. The zero-order valence-electron chi connectivity index (χ0n) is 11.2. The molecule has 22 heavy (non-hydrogen) atoms. The molecule has 0 spiro atoms. The third-order valence-corrected chi connectivity index (χ3v) is 5.06. The van der Waals surface area contributed by atoms with Crippen molar-refractivity contribution in [1.29, 1.82) is 0 Å². The van der Waals surface area contributed by atoms with Gasteiger partial charge in [0.05, 0.1) is 5.02 Å². The molecule has 1 amide bonds. The number of hydrogen-bond acceptors (Lipinski definition) is 2. The summed E-state index contributed by atoms with van der Waals surface area (Å²) in [4.78, 5) is 12.7. The van der Waals surface area contributed by atoms with Crippen LogP contribution in [0.4, 0.5) is 4.39 Å². The molecule has 3 rings (SSSR count). The first-order chi connectivity index (χ1) is 10.5. The summed E-state index contributed by atoms with van der Waals surface area (Å²) in [7, 11) is 0. The Kier molecular flexibility index (Phi) is 4.34. The second-order valence-electron chi connectivity index (χ2n) is 4.69. The van der Waals surface area contributed by atoms with E-state index in [9.17, 15) is 9.18 Å². The Balaban J connectivity index is 1.80. The molecule has 0 saturated heterocycles. The summed E-state index contributed by atoms with van der Waals surface area (Å²) in [5.41, 5.74) is 0.815. The highest BCUT2D eigenvalue weighted by molar-refractivity contribution is 7.21. The Hall–Kier alpha value is -1.62. The van der Waals surface area contributed by atoms with Gasteiger partial charge in [-0.2, -0.15) is 0 Å². The third kappa shape index (κ3) is 3.09. The van der Waals surface area contributed by atoms with E-state index in [0.717, 1.165) is 15.6 Å². The predicted octanol–water partition coefficient (Wildman–Crippen LogP) is 5.28. The molecule has 0 fully saturated rings. The maximum Gasteiger partial charge on any atom is 0.263 e. The van der Waals surface area contributed by atoms with Gasteiger partial charge in [0.25, 0.3) is 5.91 Å². The zero-order chi connectivity index (χ0) is 15.7. The van der Waals surface area contributed by atoms with Crippen molar-refractivity contribution in [3.8, 4) is 0 Å². The normalized spacial score (nSPS) is 10.9. The van der Waals surface area contributed by atoms with Gasteiger partial charge < -0.3 is 5.32 Å². The molecule has 1 aromatic heterocycles. The molecule has 0 atom stereocenters. The monoisotopic (exact) mass is 353 g/mol. The molecule has 0 aliphatic rings. The lowest BCUT2D eigenvalue weighted by molar-refractivity contribution is 0.0955. The van der Waals surface area contributed by atoms with Gasteiger partial charge >= 0.3 is 0 Å². The third-order valence-electron chi connectivity index (χ3n) is 3.16. The van der Waals surface area contributed by atoms with Gasteiger partial charge in [-0.25, -0.2) is 4.39 Å². The first kappa shape index (κ1) is 15.3. The van der Waals surface area contributed by atoms with Crippen LogP contribution >= 0.6 is 34.5 Å². The van der Waals surface area contributed by atoms with Gasteiger partial charge in [0.15, 0.2) is 0 Å². The first-order valence-corrected chi connectivity index (χ1v) is 8.02. The lowest BCUT2D eigenvalue weighted by Crippen LogP contribution is -2.22. The Morgan fingerprint density at radius 3 is 2.59 bits per heavy atom. The van der Waals surface area contributed by atoms with Crippen molar-refractivity contribution in [3.05, 3.63) is 68.8 Å². The fourth-order valence-electron chi connectivity index (χ4n) is 2.05. The number of amides is 1. The largest absolute Gasteiger partial charge is 0.347 e. The number of halogens is 3. The number of carbonyl (C=O) groups excluding carboxylic acids is 1. The highest BCUT2D eigenvalue weighted by Crippen LogP contribution is 2.36. The molecule has 0 unspecified atom stereocenters. The van der Waals surface area contributed by atoms with Gasteiger partial charge in [0, 0.05) is 21.7 Å². The minimum absolute atomic E-state index is 0.258. The van der Waals surface area contributed by atoms with Crippen LogP contribution < -0.4 is 5.32 Å². The SMILES string of the molecule is O=C(NCc1ccc(F)cc1)c1sc2cc(Cl)ccc2c1Cl. The predicted molar refractivity (Wildman–Crippen MR) is 89.4 cm³/mol. The molecule has 0 radical (unpaired) electrons. The van der Waals surface area contributed by atoms with E-state index < -0.39 is 0 Å². The van der Waals surface area contributed by atoms with E-state index in [1.54, 1.807) is 30.3 Å². The fraction of sp³-hybridized carbons (Fsp3) is 0.0625. The number of rotatable bonds is 3. The maximum atomic E-state index is 12.8. The highest BCUT2D eigenvalue weighted by atomic mass is 35.5. The van der Waals surface area contributed by atoms with Crippen LogP contribution in [0.1, 0.15) is 15.2 Å². The molecule has 0 bridgehead atoms. The average Bonchev–Trinajstić information content (AvgIpc) is 2.83. The van der Waals surface area contributed by atoms with Crippen LogP contribution in [0.25, 0.3) is 10.1 Å². The van der Waals surface area contributed by atoms with Gasteiger partial charge in [-0.05, 0) is 29.8 Å². The van der Waals surface area contributed by atoms with Crippen LogP contribution in [-0.2, 0) is 6.54 Å². The van der Waals surface area contributed by atoms with Crippen LogP contribution in [0.15, 0.2) is 42.5 Å². The molecule has 1 N–H and O–H groups in total. The van der Waals surface area contributed by atoms with E-state index in [1.165, 1.54) is 23.5 Å². The molecular formula is C16H10Cl2FNOS. The Morgan fingerprint density at radius 1 is 1.14 bits per heavy atom. The van der Waals surface area contributed by atoms with Crippen molar-refractivity contribution >= 4 is 50.5 Å². The van der Waals surface area contributed by atoms with Crippen molar-refractivity contribution in [2.45, 2.75) is 6.54 Å². The molecule has 0 aliphatic heterocycles. The summed E-state index contributed by atoms with van der Waals surface area (Å²) in [5, 5.41) is 4.62. The molecule has 0 saturated carbocycles. The van der Waals surface area contributed by atoms with Crippen molar-refractivity contribution in [2.24, 2.45) is 0 Å². The van der Waals surface area contributed by atoms with Gasteiger partial charge in [-0.15, -0.1) is 11.3 Å². The molecule has 6 heteroatoms. The van der Waals surface area contributed by atoms with Crippen LogP contribution in [0, 0.1) is 5.82 Å². The average molecular weight is 354 g/mol. The summed E-state index contributed by atoms with van der Waals surface area (Å²) < 4.78 is 13.7. The highest BCUT2D eigenvalue weighted by Gasteiger charge is 2.17. The molecule has 0 aliphatic carbocycles. The standard InChI is InChI=1S/C16H10Cl2FNOS/c17-10-3-6-12-13(7-10)22-15(14(12)18)16(21)20-8-9-1-4-11(19)5-2-9/h1-7H,8H2,(H,20,21). The van der Waals surface area contributed by atoms with Gasteiger partial charge in [0.1, 0.15) is 10.7 Å². The fourth-order valence-corrected chi connectivity index (χ4v) is 3.76. The van der Waals surface area contributed by atoms with E-state index in [-0.39, 0.29) is 11.7 Å². The number of nitrogens with one attached hydrogen (secondary N) is 1. The van der Waals surface area contributed by atoms with E-state index in [4.69, 9.17) is 23.2 Å². The van der Waals surface area contributed by atoms with E-state index in [0.29, 0.717) is 21.5 Å². The number of benzene rings is 2. The minimum atomic E-state index is -0.306. The Morgan fingerprint density at radius 2 is 1.86 bits per heavy atom.